The summed E-state index contributed by atoms with van der Waals surface area (Å²) in [5, 5.41) is 128. The minimum atomic E-state index is -1.52. The average molecular weight is 1120 g/mol. The zero-order valence-corrected chi connectivity index (χ0v) is 44.0. The molecular weight excluding hydrogens is 1040 g/mol. The van der Waals surface area contributed by atoms with Crippen LogP contribution in [0.1, 0.15) is 50.5 Å². The Hall–Kier alpha value is -3.66. The number of carbonyl (C=O) groups is 4. The molecule has 0 unspecified atom stereocenters. The van der Waals surface area contributed by atoms with Crippen molar-refractivity contribution in [2.75, 3.05) is 112 Å². The third kappa shape index (κ3) is 22.4. The first-order chi connectivity index (χ1) is 37.4. The first-order valence-electron chi connectivity index (χ1n) is 26.5. The lowest BCUT2D eigenvalue weighted by atomic mass is 9.81. The van der Waals surface area contributed by atoms with Crippen molar-refractivity contribution < 1.29 is 118 Å². The molecule has 0 heterocycles. The van der Waals surface area contributed by atoms with Crippen LogP contribution in [0.5, 0.6) is 0 Å². The molecule has 3 amide bonds. The summed E-state index contributed by atoms with van der Waals surface area (Å²) >= 11 is 0. The number of carbonyl (C=O) groups excluding carboxylic acids is 4. The van der Waals surface area contributed by atoms with Crippen molar-refractivity contribution in [3.63, 3.8) is 0 Å². The largest absolute Gasteiger partial charge is 0.461 e. The maximum Gasteiger partial charge on any atom is 0.308 e. The zero-order valence-electron chi connectivity index (χ0n) is 44.0. The third-order valence-electron chi connectivity index (χ3n) is 14.0. The number of ether oxygens (including phenoxy) is 8. The molecule has 0 aromatic heterocycles. The fourth-order valence-corrected chi connectivity index (χ4v) is 9.21. The Kier molecular flexibility index (Phi) is 30.8. The van der Waals surface area contributed by atoms with Gasteiger partial charge in [0.1, 0.15) is 43.2 Å². The molecule has 3 fully saturated rings. The fourth-order valence-electron chi connectivity index (χ4n) is 9.21. The van der Waals surface area contributed by atoms with E-state index in [-0.39, 0.29) is 144 Å². The Balaban J connectivity index is 1.33. The number of rotatable bonds is 37. The molecule has 15 atom stereocenters. The van der Waals surface area contributed by atoms with Gasteiger partial charge in [-0.1, -0.05) is 30.3 Å². The van der Waals surface area contributed by atoms with E-state index >= 15 is 0 Å². The van der Waals surface area contributed by atoms with Crippen molar-refractivity contribution in [3.05, 3.63) is 35.9 Å². The van der Waals surface area contributed by atoms with Crippen LogP contribution in [-0.2, 0) is 63.7 Å². The molecule has 0 spiro atoms. The molecule has 27 nitrogen and oxygen atoms in total. The number of esters is 1. The highest BCUT2D eigenvalue weighted by atomic mass is 16.5. The van der Waals surface area contributed by atoms with E-state index in [9.17, 15) is 80.5 Å². The number of hydrogen-bond donors (Lipinski definition) is 15. The number of aliphatic hydroxyl groups excluding tert-OH is 12. The van der Waals surface area contributed by atoms with Gasteiger partial charge in [-0.2, -0.15) is 0 Å². The van der Waals surface area contributed by atoms with Gasteiger partial charge >= 0.3 is 5.97 Å². The Morgan fingerprint density at radius 1 is 0.436 bits per heavy atom. The maximum atomic E-state index is 12.8. The highest BCUT2D eigenvalue weighted by molar-refractivity contribution is 5.76. The summed E-state index contributed by atoms with van der Waals surface area (Å²) in [6, 6.07) is 9.07. The van der Waals surface area contributed by atoms with Crippen LogP contribution >= 0.6 is 0 Å². The highest BCUT2D eigenvalue weighted by Crippen LogP contribution is 2.30. The molecule has 27 heteroatoms. The monoisotopic (exact) mass is 1120 g/mol. The maximum absolute atomic E-state index is 12.8. The van der Waals surface area contributed by atoms with E-state index in [0.717, 1.165) is 5.56 Å². The Bertz CT molecular complexity index is 1700. The third-order valence-corrected chi connectivity index (χ3v) is 14.0. The molecule has 1 aromatic carbocycles. The molecule has 448 valence electrons. The number of aliphatic hydroxyl groups is 12. The average Bonchev–Trinajstić information content (AvgIpc) is 3.44. The summed E-state index contributed by atoms with van der Waals surface area (Å²) in [5.74, 6) is -3.92. The predicted octanol–water partition coefficient (Wildman–Crippen LogP) is -5.87. The first-order valence-corrected chi connectivity index (χ1v) is 26.5. The van der Waals surface area contributed by atoms with E-state index in [0.29, 0.717) is 0 Å². The molecule has 3 aliphatic rings. The van der Waals surface area contributed by atoms with Crippen molar-refractivity contribution in [1.82, 2.24) is 16.0 Å². The highest BCUT2D eigenvalue weighted by Gasteiger charge is 2.45. The fraction of sp³-hybridized carbons (Fsp3) is 0.804. The van der Waals surface area contributed by atoms with Gasteiger partial charge in [0.05, 0.1) is 121 Å². The summed E-state index contributed by atoms with van der Waals surface area (Å²) < 4.78 is 46.3. The van der Waals surface area contributed by atoms with Gasteiger partial charge in [-0.3, -0.25) is 19.2 Å². The molecule has 78 heavy (non-hydrogen) atoms. The lowest BCUT2D eigenvalue weighted by molar-refractivity contribution is -0.177. The molecule has 3 saturated carbocycles. The smallest absolute Gasteiger partial charge is 0.308 e. The molecule has 4 rings (SSSR count). The normalized spacial score (nSPS) is 29.4. The second-order valence-electron chi connectivity index (χ2n) is 20.1. The SMILES string of the molecule is O=C(CCOCC(COCCC(=O)NCCO[C@@H]1C[C@H](CO)[C@@H](O)[C@H](O)[C@@H]1O)(COCCC(=O)NCCO[C@@H]1C[C@H](CO)[C@@H](O)[C@H](O)[C@@H]1O)COCCC(=O)OCc1ccccc1)NCCO[C@H]1C[C@H](CO)[C@@H](O)[C@H](O)[C@@H]1O. The van der Waals surface area contributed by atoms with Crippen molar-refractivity contribution in [1.29, 1.82) is 0 Å². The Labute approximate surface area is 453 Å². The second kappa shape index (κ2) is 35.9. The minimum Gasteiger partial charge on any atom is -0.461 e. The molecule has 0 radical (unpaired) electrons. The van der Waals surface area contributed by atoms with Gasteiger partial charge in [-0.15, -0.1) is 0 Å². The molecular formula is C51H85N3O24. The lowest BCUT2D eigenvalue weighted by Gasteiger charge is -2.39. The van der Waals surface area contributed by atoms with Crippen LogP contribution in [0.25, 0.3) is 0 Å². The lowest BCUT2D eigenvalue weighted by Crippen LogP contribution is -2.55. The molecule has 0 bridgehead atoms. The van der Waals surface area contributed by atoms with Crippen LogP contribution in [0, 0.1) is 23.2 Å². The zero-order chi connectivity index (χ0) is 57.0. The van der Waals surface area contributed by atoms with E-state index in [1.54, 1.807) is 0 Å². The number of amides is 3. The number of benzene rings is 1. The minimum absolute atomic E-state index is 0.0204. The summed E-state index contributed by atoms with van der Waals surface area (Å²) in [6.45, 7) is -2.36. The van der Waals surface area contributed by atoms with Crippen LogP contribution in [0.15, 0.2) is 30.3 Å². The first kappa shape index (κ1) is 66.8. The van der Waals surface area contributed by atoms with E-state index in [2.05, 4.69) is 16.0 Å². The van der Waals surface area contributed by atoms with Gasteiger partial charge in [-0.05, 0) is 24.8 Å². The quantitative estimate of drug-likeness (QED) is 0.0218. The van der Waals surface area contributed by atoms with Gasteiger partial charge in [-0.25, -0.2) is 0 Å². The standard InChI is InChI=1S/C51H85N3O24/c55-23-32-20-35(45(65)48(68)42(32)62)75-17-10-52-38(58)6-13-71-27-51(30-74-16-9-41(61)78-26-31-4-2-1-3-5-31,28-72-14-7-39(59)53-11-18-76-36-21-33(24-56)43(63)49(69)46(36)66)29-73-15-8-40(60)54-12-19-77-37-22-34(25-57)44(64)50(70)47(37)67/h1-5,32-37,42-50,55-57,62-70H,6-30H2,(H,52,58)(H,53,59)(H,54,60)/t32-,33-,34-,35-,36-,37+,42-,43-,44-,45-,46-,47-,48+,49+,50+/m1/s1. The van der Waals surface area contributed by atoms with Crippen LogP contribution in [0.4, 0.5) is 0 Å². The summed E-state index contributed by atoms with van der Waals surface area (Å²) in [4.78, 5) is 51.2. The molecule has 0 aliphatic heterocycles. The van der Waals surface area contributed by atoms with Gasteiger partial charge in [0.25, 0.3) is 0 Å². The van der Waals surface area contributed by atoms with Gasteiger partial charge in [0, 0.05) is 76.5 Å². The number of nitrogens with one attached hydrogen (secondary N) is 3. The van der Waals surface area contributed by atoms with Crippen LogP contribution in [0.3, 0.4) is 0 Å². The Morgan fingerprint density at radius 3 is 1.08 bits per heavy atom. The van der Waals surface area contributed by atoms with Gasteiger partial charge < -0.3 is 115 Å². The summed E-state index contributed by atoms with van der Waals surface area (Å²) in [5.41, 5.74) is -0.381. The topological polar surface area (TPSA) is 421 Å². The Morgan fingerprint density at radius 2 is 0.756 bits per heavy atom. The van der Waals surface area contributed by atoms with Crippen LogP contribution in [0.2, 0.25) is 0 Å². The van der Waals surface area contributed by atoms with Crippen LogP contribution in [-0.4, -0.2) is 270 Å². The van der Waals surface area contributed by atoms with E-state index in [4.69, 9.17) is 37.9 Å². The van der Waals surface area contributed by atoms with Gasteiger partial charge in [0.2, 0.25) is 17.7 Å². The van der Waals surface area contributed by atoms with E-state index in [1.165, 1.54) is 0 Å². The van der Waals surface area contributed by atoms with Crippen molar-refractivity contribution in [2.24, 2.45) is 23.2 Å². The second-order valence-corrected chi connectivity index (χ2v) is 20.1. The van der Waals surface area contributed by atoms with Crippen LogP contribution < -0.4 is 16.0 Å². The van der Waals surface area contributed by atoms with E-state index < -0.39 is 140 Å². The molecule has 1 aromatic rings. The van der Waals surface area contributed by atoms with Crippen molar-refractivity contribution in [3.8, 4) is 0 Å². The molecule has 0 saturated heterocycles. The van der Waals surface area contributed by atoms with E-state index in [1.807, 2.05) is 30.3 Å². The number of hydrogen-bond acceptors (Lipinski definition) is 24. The van der Waals surface area contributed by atoms with Crippen molar-refractivity contribution >= 4 is 23.7 Å². The summed E-state index contributed by atoms with van der Waals surface area (Å²) in [7, 11) is 0. The van der Waals surface area contributed by atoms with Gasteiger partial charge in [0.15, 0.2) is 0 Å². The molecule has 3 aliphatic carbocycles. The summed E-state index contributed by atoms with van der Waals surface area (Å²) in [6.07, 6.45) is -15.6. The molecule has 15 N–H and O–H groups in total. The predicted molar refractivity (Wildman–Crippen MR) is 268 cm³/mol. The van der Waals surface area contributed by atoms with Crippen molar-refractivity contribution in [2.45, 2.75) is 125 Å².